The molecule has 1 aromatic carbocycles. The molecule has 2 rings (SSSR count). The van der Waals surface area contributed by atoms with Crippen molar-refractivity contribution < 1.29 is 10.0 Å². The number of nitrogens with zero attached hydrogens (tertiary/aromatic N) is 2. The Morgan fingerprint density at radius 3 is 2.53 bits per heavy atom. The first-order valence-corrected chi connectivity index (χ1v) is 4.34. The highest BCUT2D eigenvalue weighted by Gasteiger charge is 2.19. The Kier molecular flexibility index (Phi) is 2.00. The number of benzene rings is 1. The minimum atomic E-state index is -0.547. The van der Waals surface area contributed by atoms with Crippen molar-refractivity contribution in [1.82, 2.24) is 4.98 Å². The van der Waals surface area contributed by atoms with Crippen LogP contribution in [0.3, 0.4) is 0 Å². The van der Waals surface area contributed by atoms with Crippen molar-refractivity contribution >= 4 is 16.6 Å². The van der Waals surface area contributed by atoms with Crippen LogP contribution in [-0.4, -0.2) is 15.0 Å². The fourth-order valence-corrected chi connectivity index (χ4v) is 1.49. The summed E-state index contributed by atoms with van der Waals surface area (Å²) in [6.07, 6.45) is 0. The summed E-state index contributed by atoms with van der Waals surface area (Å²) >= 11 is 0. The minimum Gasteiger partial charge on any atom is -0.504 e. The summed E-state index contributed by atoms with van der Waals surface area (Å²) in [5, 5.41) is 21.2. The van der Waals surface area contributed by atoms with Crippen molar-refractivity contribution in [1.29, 1.82) is 0 Å². The highest BCUT2D eigenvalue weighted by molar-refractivity contribution is 5.94. The van der Waals surface area contributed by atoms with Crippen LogP contribution in [0.25, 0.3) is 10.8 Å². The van der Waals surface area contributed by atoms with Gasteiger partial charge in [0, 0.05) is 12.3 Å². The maximum atomic E-state index is 10.7. The average Bonchev–Trinajstić information content (AvgIpc) is 2.23. The zero-order valence-electron chi connectivity index (χ0n) is 7.97. The smallest absolute Gasteiger partial charge is 0.371 e. The predicted molar refractivity (Wildman–Crippen MR) is 54.8 cm³/mol. The quantitative estimate of drug-likeness (QED) is 0.570. The number of pyridine rings is 1. The summed E-state index contributed by atoms with van der Waals surface area (Å²) in [5.41, 5.74) is 0.264. The van der Waals surface area contributed by atoms with Crippen LogP contribution in [0.4, 0.5) is 5.82 Å². The number of aryl methyl sites for hydroxylation is 1. The lowest BCUT2D eigenvalue weighted by Crippen LogP contribution is -1.96. The van der Waals surface area contributed by atoms with E-state index in [2.05, 4.69) is 4.98 Å². The first kappa shape index (κ1) is 9.39. The molecule has 15 heavy (non-hydrogen) atoms. The van der Waals surface area contributed by atoms with E-state index in [0.29, 0.717) is 10.8 Å². The van der Waals surface area contributed by atoms with E-state index in [4.69, 9.17) is 0 Å². The van der Waals surface area contributed by atoms with E-state index < -0.39 is 4.92 Å². The summed E-state index contributed by atoms with van der Waals surface area (Å²) in [5.74, 6) is -0.225. The number of aromatic nitrogens is 1. The van der Waals surface area contributed by atoms with Crippen molar-refractivity contribution in [2.75, 3.05) is 0 Å². The molecule has 0 aliphatic heterocycles. The molecular weight excluding hydrogens is 196 g/mol. The first-order chi connectivity index (χ1) is 7.11. The number of hydrogen-bond donors (Lipinski definition) is 1. The molecule has 0 amide bonds. The van der Waals surface area contributed by atoms with E-state index in [1.165, 1.54) is 6.92 Å². The van der Waals surface area contributed by atoms with Gasteiger partial charge in [-0.1, -0.05) is 18.2 Å². The Morgan fingerprint density at radius 1 is 1.33 bits per heavy atom. The monoisotopic (exact) mass is 204 g/mol. The second-order valence-electron chi connectivity index (χ2n) is 3.17. The standard InChI is InChI=1S/C10H8N2O3/c1-6-9(13)7-4-2-3-5-8(7)10(11-6)12(14)15/h2-5,13H,1H3. The van der Waals surface area contributed by atoms with Gasteiger partial charge in [0.05, 0.1) is 5.39 Å². The van der Waals surface area contributed by atoms with Gasteiger partial charge in [-0.15, -0.1) is 0 Å². The zero-order chi connectivity index (χ0) is 11.0. The molecule has 0 spiro atoms. The molecule has 0 radical (unpaired) electrons. The molecule has 0 bridgehead atoms. The Balaban J connectivity index is 2.94. The third kappa shape index (κ3) is 1.38. The molecule has 0 aliphatic carbocycles. The molecule has 1 N–H and O–H groups in total. The van der Waals surface area contributed by atoms with Gasteiger partial charge < -0.3 is 15.2 Å². The van der Waals surface area contributed by atoms with Gasteiger partial charge in [0.2, 0.25) is 0 Å². The summed E-state index contributed by atoms with van der Waals surface area (Å²) < 4.78 is 0. The van der Waals surface area contributed by atoms with Crippen LogP contribution in [-0.2, 0) is 0 Å². The van der Waals surface area contributed by atoms with E-state index in [9.17, 15) is 15.2 Å². The molecule has 0 fully saturated rings. The fraction of sp³-hybridized carbons (Fsp3) is 0.100. The van der Waals surface area contributed by atoms with E-state index >= 15 is 0 Å². The Morgan fingerprint density at radius 2 is 1.93 bits per heavy atom. The fourth-order valence-electron chi connectivity index (χ4n) is 1.49. The van der Waals surface area contributed by atoms with Crippen LogP contribution < -0.4 is 0 Å². The SMILES string of the molecule is Cc1nc([N+](=O)[O-])c2ccccc2c1O. The zero-order valence-corrected chi connectivity index (χ0v) is 7.97. The number of rotatable bonds is 1. The van der Waals surface area contributed by atoms with Gasteiger partial charge >= 0.3 is 5.82 Å². The largest absolute Gasteiger partial charge is 0.504 e. The summed E-state index contributed by atoms with van der Waals surface area (Å²) in [4.78, 5) is 13.9. The molecule has 1 heterocycles. The van der Waals surface area contributed by atoms with Crippen molar-refractivity contribution in [3.05, 3.63) is 40.1 Å². The highest BCUT2D eigenvalue weighted by atomic mass is 16.6. The molecule has 0 unspecified atom stereocenters. The lowest BCUT2D eigenvalue weighted by Gasteiger charge is -2.02. The van der Waals surface area contributed by atoms with Gasteiger partial charge in [0.15, 0.2) is 11.4 Å². The van der Waals surface area contributed by atoms with Gasteiger partial charge in [-0.2, -0.15) is 0 Å². The molecule has 2 aromatic rings. The van der Waals surface area contributed by atoms with E-state index in [-0.39, 0.29) is 17.3 Å². The van der Waals surface area contributed by atoms with Crippen LogP contribution >= 0.6 is 0 Å². The molecule has 76 valence electrons. The first-order valence-electron chi connectivity index (χ1n) is 4.34. The summed E-state index contributed by atoms with van der Waals surface area (Å²) in [7, 11) is 0. The molecule has 0 saturated heterocycles. The molecule has 0 atom stereocenters. The van der Waals surface area contributed by atoms with Crippen LogP contribution in [0.2, 0.25) is 0 Å². The third-order valence-electron chi connectivity index (χ3n) is 2.21. The lowest BCUT2D eigenvalue weighted by atomic mass is 10.1. The Hall–Kier alpha value is -2.17. The molecule has 5 nitrogen and oxygen atoms in total. The molecule has 5 heteroatoms. The minimum absolute atomic E-state index is 0.00352. The number of aromatic hydroxyl groups is 1. The normalized spacial score (nSPS) is 10.5. The average molecular weight is 204 g/mol. The predicted octanol–water partition coefficient (Wildman–Crippen LogP) is 2.16. The van der Waals surface area contributed by atoms with Gasteiger partial charge in [-0.3, -0.25) is 0 Å². The van der Waals surface area contributed by atoms with Gasteiger partial charge in [0.25, 0.3) is 0 Å². The molecule has 0 saturated carbocycles. The maximum absolute atomic E-state index is 10.7. The molecule has 0 aliphatic rings. The second-order valence-corrected chi connectivity index (χ2v) is 3.17. The van der Waals surface area contributed by atoms with Crippen LogP contribution in [0, 0.1) is 17.0 Å². The van der Waals surface area contributed by atoms with Gasteiger partial charge in [0.1, 0.15) is 0 Å². The Labute approximate surface area is 85.1 Å². The maximum Gasteiger partial charge on any atom is 0.371 e. The number of hydrogen-bond acceptors (Lipinski definition) is 4. The van der Waals surface area contributed by atoms with E-state index in [1.54, 1.807) is 24.3 Å². The van der Waals surface area contributed by atoms with E-state index in [1.807, 2.05) is 0 Å². The van der Waals surface area contributed by atoms with E-state index in [0.717, 1.165) is 0 Å². The third-order valence-corrected chi connectivity index (χ3v) is 2.21. The number of fused-ring (bicyclic) bond motifs is 1. The molecular formula is C10H8N2O3. The van der Waals surface area contributed by atoms with Crippen molar-refractivity contribution in [2.45, 2.75) is 6.92 Å². The summed E-state index contributed by atoms with van der Waals surface area (Å²) in [6.45, 7) is 1.54. The number of nitro groups is 1. The van der Waals surface area contributed by atoms with Crippen molar-refractivity contribution in [3.8, 4) is 5.75 Å². The second kappa shape index (κ2) is 3.20. The van der Waals surface area contributed by atoms with Crippen LogP contribution in [0.15, 0.2) is 24.3 Å². The lowest BCUT2D eigenvalue weighted by molar-refractivity contribution is -0.387. The van der Waals surface area contributed by atoms with Gasteiger partial charge in [-0.25, -0.2) is 0 Å². The van der Waals surface area contributed by atoms with Crippen LogP contribution in [0.5, 0.6) is 5.75 Å². The van der Waals surface area contributed by atoms with Gasteiger partial charge in [-0.05, 0) is 16.0 Å². The van der Waals surface area contributed by atoms with Crippen molar-refractivity contribution in [3.63, 3.8) is 0 Å². The summed E-state index contributed by atoms with van der Waals surface area (Å²) in [6, 6.07) is 6.59. The Bertz CT molecular complexity index is 552. The van der Waals surface area contributed by atoms with Crippen LogP contribution in [0.1, 0.15) is 5.69 Å². The molecule has 1 aromatic heterocycles. The topological polar surface area (TPSA) is 76.3 Å². The highest BCUT2D eigenvalue weighted by Crippen LogP contribution is 2.32. The van der Waals surface area contributed by atoms with Crippen molar-refractivity contribution in [2.24, 2.45) is 0 Å².